The molecular weight excluding hydrogens is 448 g/mol. The van der Waals surface area contributed by atoms with Crippen molar-refractivity contribution in [1.29, 1.82) is 0 Å². The van der Waals surface area contributed by atoms with Gasteiger partial charge in [-0.15, -0.1) is 0 Å². The van der Waals surface area contributed by atoms with Crippen LogP contribution in [0.3, 0.4) is 0 Å². The van der Waals surface area contributed by atoms with Gasteiger partial charge in [0.05, 0.1) is 24.5 Å². The number of nitrogens with two attached hydrogens (primary N) is 1. The van der Waals surface area contributed by atoms with E-state index in [1.54, 1.807) is 35.3 Å². The molecule has 186 valence electrons. The van der Waals surface area contributed by atoms with Crippen molar-refractivity contribution in [1.82, 2.24) is 24.7 Å². The van der Waals surface area contributed by atoms with Gasteiger partial charge in [-0.05, 0) is 31.7 Å². The van der Waals surface area contributed by atoms with E-state index < -0.39 is 0 Å². The molecule has 0 bridgehead atoms. The highest BCUT2D eigenvalue weighted by Crippen LogP contribution is 2.28. The van der Waals surface area contributed by atoms with E-state index in [4.69, 9.17) is 15.0 Å². The van der Waals surface area contributed by atoms with E-state index in [2.05, 4.69) is 31.9 Å². The zero-order valence-corrected chi connectivity index (χ0v) is 20.2. The minimum absolute atomic E-state index is 0.0371. The molecule has 0 amide bonds. The number of rotatable bonds is 7. The molecule has 0 aromatic carbocycles. The fourth-order valence-electron chi connectivity index (χ4n) is 4.90. The number of piperidine rings is 1. The van der Waals surface area contributed by atoms with Crippen LogP contribution in [0.4, 0.5) is 12.0 Å². The standard InChI is InChI=1S/C24H32N8O3/c1-3-21-28-24(35-29-21)30-10-7-17(8-11-30)16(2)34-18-12-26-23(27-13-18)31-14-19(25)20(15-31)32-9-5-4-6-22(32)33/h4-6,9,12-13,16-17,19-20H,3,7-8,10-11,14-15,25H2,1-2H3. The van der Waals surface area contributed by atoms with Gasteiger partial charge < -0.3 is 29.4 Å². The number of aryl methyl sites for hydroxylation is 1. The zero-order chi connectivity index (χ0) is 24.4. The summed E-state index contributed by atoms with van der Waals surface area (Å²) in [5, 5.41) is 3.99. The molecule has 5 heterocycles. The summed E-state index contributed by atoms with van der Waals surface area (Å²) in [7, 11) is 0. The second-order valence-electron chi connectivity index (χ2n) is 9.30. The molecule has 11 heteroatoms. The van der Waals surface area contributed by atoms with Crippen molar-refractivity contribution in [2.75, 3.05) is 36.0 Å². The van der Waals surface area contributed by atoms with E-state index in [0.29, 0.717) is 36.7 Å². The molecule has 0 aliphatic carbocycles. The minimum atomic E-state index is -0.179. The Hall–Kier alpha value is -3.47. The first-order valence-corrected chi connectivity index (χ1v) is 12.3. The van der Waals surface area contributed by atoms with Crippen molar-refractivity contribution < 1.29 is 9.26 Å². The van der Waals surface area contributed by atoms with E-state index in [0.717, 1.165) is 38.2 Å². The lowest BCUT2D eigenvalue weighted by molar-refractivity contribution is 0.131. The summed E-state index contributed by atoms with van der Waals surface area (Å²) in [5.74, 6) is 2.39. The maximum Gasteiger partial charge on any atom is 0.324 e. The summed E-state index contributed by atoms with van der Waals surface area (Å²) in [6.45, 7) is 7.00. The number of pyridine rings is 1. The van der Waals surface area contributed by atoms with Crippen molar-refractivity contribution in [3.05, 3.63) is 53.0 Å². The van der Waals surface area contributed by atoms with Crippen molar-refractivity contribution in [2.45, 2.75) is 51.3 Å². The molecule has 0 radical (unpaired) electrons. The predicted octanol–water partition coefficient (Wildman–Crippen LogP) is 1.66. The Bertz CT molecular complexity index is 1170. The normalized spacial score (nSPS) is 21.9. The molecule has 0 spiro atoms. The number of anilines is 2. The summed E-state index contributed by atoms with van der Waals surface area (Å²) < 4.78 is 13.2. The smallest absolute Gasteiger partial charge is 0.324 e. The Kier molecular flexibility index (Phi) is 6.67. The third kappa shape index (κ3) is 5.00. The second kappa shape index (κ2) is 10.0. The van der Waals surface area contributed by atoms with Gasteiger partial charge in [-0.3, -0.25) is 4.79 Å². The van der Waals surface area contributed by atoms with Crippen LogP contribution in [0, 0.1) is 5.92 Å². The van der Waals surface area contributed by atoms with Crippen molar-refractivity contribution in [3.63, 3.8) is 0 Å². The Morgan fingerprint density at radius 2 is 1.94 bits per heavy atom. The Labute approximate surface area is 203 Å². The van der Waals surface area contributed by atoms with E-state index >= 15 is 0 Å². The quantitative estimate of drug-likeness (QED) is 0.533. The molecule has 0 saturated carbocycles. The third-order valence-corrected chi connectivity index (χ3v) is 7.01. The van der Waals surface area contributed by atoms with Crippen LogP contribution < -0.4 is 25.8 Å². The van der Waals surface area contributed by atoms with Crippen LogP contribution in [0.1, 0.15) is 38.6 Å². The Morgan fingerprint density at radius 1 is 1.17 bits per heavy atom. The third-order valence-electron chi connectivity index (χ3n) is 7.01. The molecule has 2 N–H and O–H groups in total. The van der Waals surface area contributed by atoms with Crippen LogP contribution in [0.2, 0.25) is 0 Å². The highest BCUT2D eigenvalue weighted by molar-refractivity contribution is 5.35. The van der Waals surface area contributed by atoms with Crippen LogP contribution in [0.15, 0.2) is 46.1 Å². The number of aromatic nitrogens is 5. The fraction of sp³-hybridized carbons (Fsp3) is 0.542. The van der Waals surface area contributed by atoms with Gasteiger partial charge >= 0.3 is 6.01 Å². The first kappa shape index (κ1) is 23.3. The molecule has 2 fully saturated rings. The van der Waals surface area contributed by atoms with Gasteiger partial charge in [-0.2, -0.15) is 4.98 Å². The number of nitrogens with zero attached hydrogens (tertiary/aromatic N) is 7. The van der Waals surface area contributed by atoms with Crippen LogP contribution in [0.5, 0.6) is 5.75 Å². The van der Waals surface area contributed by atoms with E-state index in [9.17, 15) is 4.79 Å². The lowest BCUT2D eigenvalue weighted by atomic mass is 9.92. The van der Waals surface area contributed by atoms with Gasteiger partial charge in [-0.1, -0.05) is 18.1 Å². The number of hydrogen-bond acceptors (Lipinski definition) is 10. The van der Waals surface area contributed by atoms with Gasteiger partial charge in [0.1, 0.15) is 0 Å². The molecule has 5 rings (SSSR count). The van der Waals surface area contributed by atoms with Crippen LogP contribution >= 0.6 is 0 Å². The van der Waals surface area contributed by atoms with E-state index in [1.807, 2.05) is 17.9 Å². The highest BCUT2D eigenvalue weighted by atomic mass is 16.5. The maximum absolute atomic E-state index is 12.2. The summed E-state index contributed by atoms with van der Waals surface area (Å²) >= 11 is 0. The summed E-state index contributed by atoms with van der Waals surface area (Å²) in [6, 6.07) is 5.45. The topological polar surface area (TPSA) is 128 Å². The lowest BCUT2D eigenvalue weighted by Gasteiger charge is -2.33. The SMILES string of the molecule is CCc1noc(N2CCC(C(C)Oc3cnc(N4CC(N)C(n5ccccc5=O)C4)nc3)CC2)n1. The summed E-state index contributed by atoms with van der Waals surface area (Å²) in [5.41, 5.74) is 6.29. The largest absolute Gasteiger partial charge is 0.487 e. The van der Waals surface area contributed by atoms with Gasteiger partial charge in [0.15, 0.2) is 11.6 Å². The van der Waals surface area contributed by atoms with Crippen molar-refractivity contribution in [3.8, 4) is 5.75 Å². The van der Waals surface area contributed by atoms with Gasteiger partial charge in [-0.25, -0.2) is 9.97 Å². The van der Waals surface area contributed by atoms with Gasteiger partial charge in [0.2, 0.25) is 5.95 Å². The van der Waals surface area contributed by atoms with Crippen molar-refractivity contribution >= 4 is 12.0 Å². The molecule has 3 aromatic heterocycles. The maximum atomic E-state index is 12.2. The van der Waals surface area contributed by atoms with Crippen LogP contribution in [-0.2, 0) is 6.42 Å². The Balaban J connectivity index is 1.15. The van der Waals surface area contributed by atoms with Crippen LogP contribution in [0.25, 0.3) is 0 Å². The summed E-state index contributed by atoms with van der Waals surface area (Å²) in [4.78, 5) is 29.8. The second-order valence-corrected chi connectivity index (χ2v) is 9.30. The van der Waals surface area contributed by atoms with Gasteiger partial charge in [0, 0.05) is 50.9 Å². The van der Waals surface area contributed by atoms with Crippen molar-refractivity contribution in [2.24, 2.45) is 11.7 Å². The number of hydrogen-bond donors (Lipinski definition) is 1. The monoisotopic (exact) mass is 480 g/mol. The molecule has 11 nitrogen and oxygen atoms in total. The molecule has 2 aliphatic heterocycles. The lowest BCUT2D eigenvalue weighted by Crippen LogP contribution is -2.38. The fourth-order valence-corrected chi connectivity index (χ4v) is 4.90. The minimum Gasteiger partial charge on any atom is -0.487 e. The van der Waals surface area contributed by atoms with E-state index in [1.165, 1.54) is 0 Å². The molecular formula is C24H32N8O3. The molecule has 3 atom stereocenters. The average molecular weight is 481 g/mol. The zero-order valence-electron chi connectivity index (χ0n) is 20.2. The molecule has 2 aliphatic rings. The van der Waals surface area contributed by atoms with Gasteiger partial charge in [0.25, 0.3) is 5.56 Å². The number of ether oxygens (including phenoxy) is 1. The Morgan fingerprint density at radius 3 is 2.63 bits per heavy atom. The van der Waals surface area contributed by atoms with Crippen LogP contribution in [-0.4, -0.2) is 63.0 Å². The van der Waals surface area contributed by atoms with E-state index in [-0.39, 0.29) is 23.7 Å². The average Bonchev–Trinajstić information content (AvgIpc) is 3.52. The highest BCUT2D eigenvalue weighted by Gasteiger charge is 2.33. The molecule has 3 unspecified atom stereocenters. The molecule has 2 saturated heterocycles. The molecule has 35 heavy (non-hydrogen) atoms. The molecule has 3 aromatic rings. The first-order valence-electron chi connectivity index (χ1n) is 12.3. The summed E-state index contributed by atoms with van der Waals surface area (Å²) in [6.07, 6.45) is 7.98. The first-order chi connectivity index (χ1) is 17.0. The predicted molar refractivity (Wildman–Crippen MR) is 131 cm³/mol.